The van der Waals surface area contributed by atoms with E-state index in [1.807, 2.05) is 24.3 Å². The van der Waals surface area contributed by atoms with E-state index >= 15 is 0 Å². The Balaban J connectivity index is 1.97. The number of nitrogens with zero attached hydrogens (tertiary/aromatic N) is 2. The summed E-state index contributed by atoms with van der Waals surface area (Å²) >= 11 is 0. The molecule has 0 aliphatic carbocycles. The van der Waals surface area contributed by atoms with Crippen molar-refractivity contribution >= 4 is 16.9 Å². The van der Waals surface area contributed by atoms with Crippen LogP contribution in [0.1, 0.15) is 6.42 Å². The molecule has 1 aliphatic rings. The molecule has 0 unspecified atom stereocenters. The molecule has 5 nitrogen and oxygen atoms in total. The molecule has 0 spiro atoms. The summed E-state index contributed by atoms with van der Waals surface area (Å²) < 4.78 is 5.31. The minimum Gasteiger partial charge on any atom is -0.478 e. The van der Waals surface area contributed by atoms with Crippen LogP contribution in [0.2, 0.25) is 0 Å². The van der Waals surface area contributed by atoms with Gasteiger partial charge in [-0.3, -0.25) is 0 Å². The number of para-hydroxylation sites is 2. The maximum Gasteiger partial charge on any atom is 0.257 e. The van der Waals surface area contributed by atoms with Crippen LogP contribution in [0.15, 0.2) is 24.3 Å². The summed E-state index contributed by atoms with van der Waals surface area (Å²) in [5.41, 5.74) is 1.73. The number of aromatic nitrogens is 2. The van der Waals surface area contributed by atoms with E-state index in [0.717, 1.165) is 36.4 Å². The van der Waals surface area contributed by atoms with Crippen LogP contribution in [0.5, 0.6) is 5.88 Å². The zero-order valence-electron chi connectivity index (χ0n) is 10.3. The van der Waals surface area contributed by atoms with Crippen LogP contribution in [-0.2, 0) is 0 Å². The lowest BCUT2D eigenvalue weighted by Gasteiger charge is -2.14. The second kappa shape index (κ2) is 4.78. The molecule has 18 heavy (non-hydrogen) atoms. The quantitative estimate of drug-likeness (QED) is 0.855. The van der Waals surface area contributed by atoms with E-state index in [1.54, 1.807) is 7.11 Å². The molecule has 1 atom stereocenters. The van der Waals surface area contributed by atoms with Gasteiger partial charge in [0.1, 0.15) is 0 Å². The molecule has 2 heterocycles. The van der Waals surface area contributed by atoms with Crippen molar-refractivity contribution in [2.45, 2.75) is 12.5 Å². The van der Waals surface area contributed by atoms with Gasteiger partial charge < -0.3 is 15.4 Å². The van der Waals surface area contributed by atoms with Crippen molar-refractivity contribution in [1.29, 1.82) is 0 Å². The van der Waals surface area contributed by atoms with Gasteiger partial charge >= 0.3 is 0 Å². The highest BCUT2D eigenvalue weighted by Crippen LogP contribution is 2.24. The van der Waals surface area contributed by atoms with Crippen molar-refractivity contribution in [2.75, 3.05) is 25.5 Å². The average Bonchev–Trinajstić information content (AvgIpc) is 2.91. The number of methoxy groups -OCH3 is 1. The fourth-order valence-corrected chi connectivity index (χ4v) is 2.19. The van der Waals surface area contributed by atoms with Crippen molar-refractivity contribution in [1.82, 2.24) is 15.3 Å². The number of anilines is 1. The van der Waals surface area contributed by atoms with Crippen molar-refractivity contribution in [3.05, 3.63) is 24.3 Å². The van der Waals surface area contributed by atoms with Gasteiger partial charge in [-0.05, 0) is 25.1 Å². The summed E-state index contributed by atoms with van der Waals surface area (Å²) in [5, 5.41) is 6.71. The molecule has 0 saturated carbocycles. The van der Waals surface area contributed by atoms with Crippen LogP contribution < -0.4 is 15.4 Å². The zero-order valence-corrected chi connectivity index (χ0v) is 10.3. The minimum absolute atomic E-state index is 0.398. The molecule has 1 aromatic heterocycles. The number of ether oxygens (including phenoxy) is 1. The number of fused-ring (bicyclic) bond motifs is 1. The lowest BCUT2D eigenvalue weighted by Crippen LogP contribution is -2.23. The summed E-state index contributed by atoms with van der Waals surface area (Å²) in [6.45, 7) is 2.00. The largest absolute Gasteiger partial charge is 0.478 e. The fourth-order valence-electron chi connectivity index (χ4n) is 2.19. The summed E-state index contributed by atoms with van der Waals surface area (Å²) in [4.78, 5) is 9.05. The Kier molecular flexibility index (Phi) is 2.98. The molecule has 2 aromatic rings. The van der Waals surface area contributed by atoms with Crippen LogP contribution in [0.3, 0.4) is 0 Å². The van der Waals surface area contributed by atoms with Crippen LogP contribution in [-0.4, -0.2) is 36.2 Å². The van der Waals surface area contributed by atoms with E-state index in [-0.39, 0.29) is 0 Å². The Morgan fingerprint density at radius 1 is 1.28 bits per heavy atom. The first-order valence-electron chi connectivity index (χ1n) is 6.15. The van der Waals surface area contributed by atoms with Crippen molar-refractivity contribution in [3.8, 4) is 5.88 Å². The van der Waals surface area contributed by atoms with E-state index in [1.165, 1.54) is 0 Å². The van der Waals surface area contributed by atoms with Gasteiger partial charge in [0.15, 0.2) is 5.82 Å². The lowest BCUT2D eigenvalue weighted by molar-refractivity contribution is 0.399. The van der Waals surface area contributed by atoms with Gasteiger partial charge in [-0.1, -0.05) is 12.1 Å². The summed E-state index contributed by atoms with van der Waals surface area (Å²) in [6.07, 6.45) is 1.09. The third kappa shape index (κ3) is 2.09. The first-order valence-corrected chi connectivity index (χ1v) is 6.15. The smallest absolute Gasteiger partial charge is 0.257 e. The second-order valence-electron chi connectivity index (χ2n) is 4.40. The van der Waals surface area contributed by atoms with Crippen LogP contribution in [0.25, 0.3) is 11.0 Å². The SMILES string of the molecule is COc1nc2ccccc2nc1N[C@H]1CCNC1. The molecule has 2 N–H and O–H groups in total. The first kappa shape index (κ1) is 11.2. The monoisotopic (exact) mass is 244 g/mol. The molecule has 1 saturated heterocycles. The van der Waals surface area contributed by atoms with Gasteiger partial charge in [0.2, 0.25) is 0 Å². The Hall–Kier alpha value is -1.88. The molecule has 0 bridgehead atoms. The fraction of sp³-hybridized carbons (Fsp3) is 0.385. The van der Waals surface area contributed by atoms with Crippen molar-refractivity contribution in [2.24, 2.45) is 0 Å². The van der Waals surface area contributed by atoms with E-state index in [2.05, 4.69) is 20.6 Å². The van der Waals surface area contributed by atoms with Crippen LogP contribution in [0, 0.1) is 0 Å². The number of hydrogen-bond donors (Lipinski definition) is 2. The van der Waals surface area contributed by atoms with Crippen LogP contribution in [0.4, 0.5) is 5.82 Å². The maximum absolute atomic E-state index is 5.31. The molecule has 1 aliphatic heterocycles. The van der Waals surface area contributed by atoms with E-state index < -0.39 is 0 Å². The van der Waals surface area contributed by atoms with E-state index in [4.69, 9.17) is 4.74 Å². The third-order valence-corrected chi connectivity index (χ3v) is 3.13. The Morgan fingerprint density at radius 2 is 2.06 bits per heavy atom. The Morgan fingerprint density at radius 3 is 2.72 bits per heavy atom. The number of nitrogens with one attached hydrogen (secondary N) is 2. The van der Waals surface area contributed by atoms with E-state index in [9.17, 15) is 0 Å². The van der Waals surface area contributed by atoms with Gasteiger partial charge in [0.25, 0.3) is 5.88 Å². The Bertz CT molecular complexity index is 552. The highest BCUT2D eigenvalue weighted by Gasteiger charge is 2.17. The molecular formula is C13H16N4O. The molecular weight excluding hydrogens is 228 g/mol. The molecule has 5 heteroatoms. The molecule has 3 rings (SSSR count). The summed E-state index contributed by atoms with van der Waals surface area (Å²) in [5.74, 6) is 1.28. The second-order valence-corrected chi connectivity index (χ2v) is 4.40. The summed E-state index contributed by atoms with van der Waals surface area (Å²) in [6, 6.07) is 8.20. The third-order valence-electron chi connectivity index (χ3n) is 3.13. The number of hydrogen-bond acceptors (Lipinski definition) is 5. The van der Waals surface area contributed by atoms with E-state index in [0.29, 0.717) is 11.9 Å². The molecule has 0 amide bonds. The number of benzene rings is 1. The molecule has 1 aromatic carbocycles. The highest BCUT2D eigenvalue weighted by atomic mass is 16.5. The first-order chi connectivity index (χ1) is 8.86. The standard InChI is InChI=1S/C13H16N4O/c1-18-13-12(15-9-6-7-14-8-9)16-10-4-2-3-5-11(10)17-13/h2-5,9,14H,6-8H2,1H3,(H,15,16)/t9-/m0/s1. The van der Waals surface area contributed by atoms with Gasteiger partial charge in [0.05, 0.1) is 18.1 Å². The van der Waals surface area contributed by atoms with Gasteiger partial charge in [0, 0.05) is 12.6 Å². The normalized spacial score (nSPS) is 19.1. The number of rotatable bonds is 3. The topological polar surface area (TPSA) is 59.1 Å². The van der Waals surface area contributed by atoms with Crippen molar-refractivity contribution in [3.63, 3.8) is 0 Å². The minimum atomic E-state index is 0.398. The molecule has 0 radical (unpaired) electrons. The van der Waals surface area contributed by atoms with Gasteiger partial charge in [-0.25, -0.2) is 9.97 Å². The zero-order chi connectivity index (χ0) is 12.4. The molecule has 1 fully saturated rings. The van der Waals surface area contributed by atoms with Gasteiger partial charge in [-0.15, -0.1) is 0 Å². The molecule has 94 valence electrons. The van der Waals surface area contributed by atoms with Crippen LogP contribution >= 0.6 is 0 Å². The highest BCUT2D eigenvalue weighted by molar-refractivity contribution is 5.77. The predicted molar refractivity (Wildman–Crippen MR) is 71.0 cm³/mol. The summed E-state index contributed by atoms with van der Waals surface area (Å²) in [7, 11) is 1.62. The van der Waals surface area contributed by atoms with Crippen molar-refractivity contribution < 1.29 is 4.74 Å². The Labute approximate surface area is 106 Å². The maximum atomic E-state index is 5.31. The predicted octanol–water partition coefficient (Wildman–Crippen LogP) is 1.41. The lowest BCUT2D eigenvalue weighted by atomic mass is 10.2. The van der Waals surface area contributed by atoms with Gasteiger partial charge in [-0.2, -0.15) is 0 Å². The average molecular weight is 244 g/mol.